The Balaban J connectivity index is 3.82. The first-order valence-electron chi connectivity index (χ1n) is 3.80. The molecule has 0 aromatic heterocycles. The Labute approximate surface area is 72.6 Å². The lowest BCUT2D eigenvalue weighted by atomic mass is 9.82. The molecule has 0 bridgehead atoms. The maximum Gasteiger partial charge on any atom is 0.00516 e. The largest absolute Gasteiger partial charge is 0.0858 e. The van der Waals surface area contributed by atoms with Crippen LogP contribution in [0.2, 0.25) is 0 Å². The molecule has 9 heavy (non-hydrogen) atoms. The molecular formula is C8H17I. The van der Waals surface area contributed by atoms with Gasteiger partial charge in [-0.1, -0.05) is 43.4 Å². The molecule has 1 heteroatoms. The van der Waals surface area contributed by atoms with Crippen molar-refractivity contribution in [2.45, 2.75) is 40.0 Å². The topological polar surface area (TPSA) is 0 Å². The zero-order chi connectivity index (χ0) is 7.33. The predicted molar refractivity (Wildman–Crippen MR) is 52.2 cm³/mol. The Kier molecular flexibility index (Phi) is 4.90. The van der Waals surface area contributed by atoms with Crippen LogP contribution in [0.1, 0.15) is 40.0 Å². The van der Waals surface area contributed by atoms with Crippen LogP contribution in [0.4, 0.5) is 0 Å². The summed E-state index contributed by atoms with van der Waals surface area (Å²) in [5.41, 5.74) is 0.653. The van der Waals surface area contributed by atoms with Crippen LogP contribution in [0.15, 0.2) is 0 Å². The molecule has 56 valence electrons. The smallest absolute Gasteiger partial charge is 0.00516 e. The summed E-state index contributed by atoms with van der Waals surface area (Å²) >= 11 is 2.50. The molecule has 0 aromatic rings. The third-order valence-electron chi connectivity index (χ3n) is 2.53. The molecule has 0 aromatic carbocycles. The monoisotopic (exact) mass is 240 g/mol. The third kappa shape index (κ3) is 2.44. The number of alkyl halides is 1. The molecule has 0 saturated heterocycles. The molecule has 0 heterocycles. The predicted octanol–water partition coefficient (Wildman–Crippen LogP) is 3.64. The fourth-order valence-corrected chi connectivity index (χ4v) is 2.65. The van der Waals surface area contributed by atoms with E-state index in [1.807, 2.05) is 0 Å². The summed E-state index contributed by atoms with van der Waals surface area (Å²) in [4.78, 5) is 0. The molecule has 0 unspecified atom stereocenters. The highest BCUT2D eigenvalue weighted by Gasteiger charge is 2.21. The van der Waals surface area contributed by atoms with Crippen LogP contribution in [0, 0.1) is 5.41 Å². The first-order valence-corrected chi connectivity index (χ1v) is 5.33. The Morgan fingerprint density at radius 3 is 1.33 bits per heavy atom. The van der Waals surface area contributed by atoms with Crippen molar-refractivity contribution in [3.63, 3.8) is 0 Å². The van der Waals surface area contributed by atoms with Crippen LogP contribution < -0.4 is 0 Å². The molecule has 0 atom stereocenters. The summed E-state index contributed by atoms with van der Waals surface area (Å²) in [6.07, 6.45) is 4.01. The van der Waals surface area contributed by atoms with Crippen LogP contribution >= 0.6 is 22.6 Å². The van der Waals surface area contributed by atoms with E-state index in [0.717, 1.165) is 0 Å². The van der Waals surface area contributed by atoms with Crippen molar-refractivity contribution in [2.24, 2.45) is 5.41 Å². The molecule has 0 spiro atoms. The van der Waals surface area contributed by atoms with Gasteiger partial charge in [-0.3, -0.25) is 0 Å². The van der Waals surface area contributed by atoms with Gasteiger partial charge in [0.05, 0.1) is 0 Å². The summed E-state index contributed by atoms with van der Waals surface area (Å²) in [5.74, 6) is 0. The quantitative estimate of drug-likeness (QED) is 0.519. The van der Waals surface area contributed by atoms with Gasteiger partial charge >= 0.3 is 0 Å². The molecule has 0 rings (SSSR count). The molecule has 0 aliphatic heterocycles. The van der Waals surface area contributed by atoms with Crippen LogP contribution in [0.3, 0.4) is 0 Å². The number of hydrogen-bond donors (Lipinski definition) is 0. The zero-order valence-electron chi connectivity index (χ0n) is 6.71. The van der Waals surface area contributed by atoms with Gasteiger partial charge in [0.25, 0.3) is 0 Å². The minimum Gasteiger partial charge on any atom is -0.0858 e. The van der Waals surface area contributed by atoms with Gasteiger partial charge in [-0.25, -0.2) is 0 Å². The minimum absolute atomic E-state index is 0.653. The Morgan fingerprint density at radius 2 is 1.33 bits per heavy atom. The van der Waals surface area contributed by atoms with E-state index in [2.05, 4.69) is 43.4 Å². The molecule has 0 amide bonds. The van der Waals surface area contributed by atoms with E-state index >= 15 is 0 Å². The van der Waals surface area contributed by atoms with Gasteiger partial charge in [0.2, 0.25) is 0 Å². The average molecular weight is 240 g/mol. The van der Waals surface area contributed by atoms with Gasteiger partial charge in [0.1, 0.15) is 0 Å². The van der Waals surface area contributed by atoms with Gasteiger partial charge in [0.15, 0.2) is 0 Å². The van der Waals surface area contributed by atoms with E-state index in [-0.39, 0.29) is 0 Å². The highest BCUT2D eigenvalue weighted by atomic mass is 127. The zero-order valence-corrected chi connectivity index (χ0v) is 8.86. The molecule has 0 nitrogen and oxygen atoms in total. The van der Waals surface area contributed by atoms with E-state index in [1.54, 1.807) is 0 Å². The van der Waals surface area contributed by atoms with Crippen molar-refractivity contribution in [3.05, 3.63) is 0 Å². The van der Waals surface area contributed by atoms with Crippen LogP contribution in [-0.4, -0.2) is 4.43 Å². The van der Waals surface area contributed by atoms with Gasteiger partial charge in [-0.05, 0) is 24.7 Å². The van der Waals surface area contributed by atoms with E-state index in [4.69, 9.17) is 0 Å². The van der Waals surface area contributed by atoms with E-state index in [9.17, 15) is 0 Å². The van der Waals surface area contributed by atoms with Crippen molar-refractivity contribution in [1.29, 1.82) is 0 Å². The summed E-state index contributed by atoms with van der Waals surface area (Å²) in [5, 5.41) is 0. The molecular weight excluding hydrogens is 223 g/mol. The van der Waals surface area contributed by atoms with Crippen molar-refractivity contribution < 1.29 is 0 Å². The summed E-state index contributed by atoms with van der Waals surface area (Å²) in [6, 6.07) is 0. The highest BCUT2D eigenvalue weighted by molar-refractivity contribution is 14.1. The average Bonchev–Trinajstić information content (AvgIpc) is 1.95. The van der Waals surface area contributed by atoms with Gasteiger partial charge in [-0.15, -0.1) is 0 Å². The van der Waals surface area contributed by atoms with Crippen LogP contribution in [0.25, 0.3) is 0 Å². The molecule has 0 radical (unpaired) electrons. The van der Waals surface area contributed by atoms with Crippen LogP contribution in [-0.2, 0) is 0 Å². The van der Waals surface area contributed by atoms with Crippen molar-refractivity contribution in [2.75, 3.05) is 4.43 Å². The SMILES string of the molecule is CCC(CC)(CC)CI. The Hall–Kier alpha value is 0.730. The standard InChI is InChI=1S/C8H17I/c1-4-8(5-2,6-3)7-9/h4-7H2,1-3H3. The summed E-state index contributed by atoms with van der Waals surface area (Å²) in [6.45, 7) is 6.89. The van der Waals surface area contributed by atoms with Gasteiger partial charge < -0.3 is 0 Å². The number of rotatable bonds is 4. The number of halogens is 1. The summed E-state index contributed by atoms with van der Waals surface area (Å²) < 4.78 is 1.31. The van der Waals surface area contributed by atoms with Crippen LogP contribution in [0.5, 0.6) is 0 Å². The first kappa shape index (κ1) is 9.73. The lowest BCUT2D eigenvalue weighted by Crippen LogP contribution is -2.18. The fourth-order valence-electron chi connectivity index (χ4n) is 1.03. The second kappa shape index (κ2) is 4.53. The normalized spacial score (nSPS) is 12.0. The van der Waals surface area contributed by atoms with Crippen molar-refractivity contribution >= 4 is 22.6 Å². The lowest BCUT2D eigenvalue weighted by Gasteiger charge is -2.27. The second-order valence-corrected chi connectivity index (χ2v) is 3.46. The van der Waals surface area contributed by atoms with Gasteiger partial charge in [0, 0.05) is 4.43 Å². The van der Waals surface area contributed by atoms with Crippen molar-refractivity contribution in [1.82, 2.24) is 0 Å². The number of hydrogen-bond acceptors (Lipinski definition) is 0. The lowest BCUT2D eigenvalue weighted by molar-refractivity contribution is 0.300. The second-order valence-electron chi connectivity index (χ2n) is 2.69. The summed E-state index contributed by atoms with van der Waals surface area (Å²) in [7, 11) is 0. The maximum absolute atomic E-state index is 2.50. The van der Waals surface area contributed by atoms with E-state index < -0.39 is 0 Å². The Bertz CT molecular complexity index is 47.5. The van der Waals surface area contributed by atoms with Crippen molar-refractivity contribution in [3.8, 4) is 0 Å². The van der Waals surface area contributed by atoms with E-state index in [1.165, 1.54) is 23.7 Å². The molecule has 0 fully saturated rings. The molecule has 0 saturated carbocycles. The maximum atomic E-state index is 2.50. The first-order chi connectivity index (χ1) is 4.24. The molecule has 0 aliphatic carbocycles. The highest BCUT2D eigenvalue weighted by Crippen LogP contribution is 2.32. The molecule has 0 aliphatic rings. The third-order valence-corrected chi connectivity index (χ3v) is 4.15. The Morgan fingerprint density at radius 1 is 1.00 bits per heavy atom. The molecule has 0 N–H and O–H groups in total. The minimum atomic E-state index is 0.653. The van der Waals surface area contributed by atoms with E-state index in [0.29, 0.717) is 5.41 Å². The fraction of sp³-hybridized carbons (Fsp3) is 1.00. The van der Waals surface area contributed by atoms with Gasteiger partial charge in [-0.2, -0.15) is 0 Å².